The molecule has 1 aromatic carbocycles. The summed E-state index contributed by atoms with van der Waals surface area (Å²) in [7, 11) is 0. The number of thiazole rings is 1. The van der Waals surface area contributed by atoms with E-state index in [4.69, 9.17) is 0 Å². The minimum absolute atomic E-state index is 0.172. The van der Waals surface area contributed by atoms with Crippen LogP contribution in [0, 0.1) is 0 Å². The summed E-state index contributed by atoms with van der Waals surface area (Å²) in [5, 5.41) is 3.12. The predicted molar refractivity (Wildman–Crippen MR) is 103 cm³/mol. The monoisotopic (exact) mass is 363 g/mol. The van der Waals surface area contributed by atoms with Crippen LogP contribution >= 0.6 is 11.3 Å². The summed E-state index contributed by atoms with van der Waals surface area (Å²) >= 11 is 1.65. The molecule has 4 nitrogen and oxygen atoms in total. The van der Waals surface area contributed by atoms with Crippen molar-refractivity contribution in [3.63, 3.8) is 0 Å². The Morgan fingerprint density at radius 3 is 2.73 bits per heavy atom. The Bertz CT molecular complexity index is 891. The predicted octanol–water partition coefficient (Wildman–Crippen LogP) is 3.45. The van der Waals surface area contributed by atoms with Crippen LogP contribution in [0.15, 0.2) is 54.2 Å². The zero-order valence-corrected chi connectivity index (χ0v) is 15.4. The van der Waals surface area contributed by atoms with Crippen LogP contribution in [0.3, 0.4) is 0 Å². The number of fused-ring (bicyclic) bond motifs is 1. The van der Waals surface area contributed by atoms with E-state index in [1.165, 1.54) is 16.7 Å². The number of hydrogen-bond donors (Lipinski definition) is 0. The van der Waals surface area contributed by atoms with E-state index in [2.05, 4.69) is 28.2 Å². The van der Waals surface area contributed by atoms with Crippen molar-refractivity contribution in [3.05, 3.63) is 81.6 Å². The second kappa shape index (κ2) is 7.79. The molecule has 4 rings (SSSR count). The van der Waals surface area contributed by atoms with Gasteiger partial charge in [0.2, 0.25) is 5.91 Å². The molecule has 0 bridgehead atoms. The third-order valence-electron chi connectivity index (χ3n) is 4.79. The topological polar surface area (TPSA) is 46.1 Å². The molecule has 2 aromatic heterocycles. The molecule has 26 heavy (non-hydrogen) atoms. The summed E-state index contributed by atoms with van der Waals surface area (Å²) in [6, 6.07) is 12.5. The third-order valence-corrected chi connectivity index (χ3v) is 5.75. The third kappa shape index (κ3) is 3.99. The van der Waals surface area contributed by atoms with Gasteiger partial charge < -0.3 is 4.90 Å². The maximum atomic E-state index is 12.6. The number of hydrogen-bond acceptors (Lipinski definition) is 4. The second-order valence-electron chi connectivity index (χ2n) is 6.60. The number of carbonyl (C=O) groups is 1. The van der Waals surface area contributed by atoms with Gasteiger partial charge in [0.05, 0.1) is 17.1 Å². The normalized spacial score (nSPS) is 13.5. The zero-order valence-electron chi connectivity index (χ0n) is 14.6. The van der Waals surface area contributed by atoms with Gasteiger partial charge in [0, 0.05) is 37.3 Å². The van der Waals surface area contributed by atoms with Crippen LogP contribution in [0.1, 0.15) is 27.4 Å². The lowest BCUT2D eigenvalue weighted by molar-refractivity contribution is -0.131. The number of aromatic nitrogens is 2. The Labute approximate surface area is 157 Å². The highest BCUT2D eigenvalue weighted by Gasteiger charge is 2.21. The molecular weight excluding hydrogens is 342 g/mol. The van der Waals surface area contributed by atoms with E-state index in [9.17, 15) is 4.79 Å². The van der Waals surface area contributed by atoms with Gasteiger partial charge in [-0.15, -0.1) is 11.3 Å². The van der Waals surface area contributed by atoms with Crippen molar-refractivity contribution in [2.75, 3.05) is 6.54 Å². The van der Waals surface area contributed by atoms with Crippen LogP contribution < -0.4 is 0 Å². The van der Waals surface area contributed by atoms with Gasteiger partial charge in [-0.3, -0.25) is 9.78 Å². The molecule has 0 unspecified atom stereocenters. The molecule has 0 aliphatic carbocycles. The molecule has 132 valence electrons. The van der Waals surface area contributed by atoms with E-state index >= 15 is 0 Å². The van der Waals surface area contributed by atoms with Gasteiger partial charge in [0.15, 0.2) is 0 Å². The standard InChI is InChI=1S/C21H21N3OS/c25-21(24-12-9-17-3-1-2-4-18(17)14-24)13-19-15-26-20(23-19)6-5-16-7-10-22-11-8-16/h1-4,7-8,10-11,15H,5-6,9,12-14H2. The van der Waals surface area contributed by atoms with Crippen LogP contribution in [0.4, 0.5) is 0 Å². The molecule has 1 amide bonds. The highest BCUT2D eigenvalue weighted by Crippen LogP contribution is 2.20. The molecule has 0 N–H and O–H groups in total. The van der Waals surface area contributed by atoms with E-state index in [1.54, 1.807) is 11.3 Å². The molecule has 0 saturated carbocycles. The molecule has 0 radical (unpaired) electrons. The van der Waals surface area contributed by atoms with Crippen LogP contribution in [0.25, 0.3) is 0 Å². The van der Waals surface area contributed by atoms with Crippen LogP contribution in [-0.2, 0) is 37.0 Å². The quantitative estimate of drug-likeness (QED) is 0.697. The first kappa shape index (κ1) is 16.9. The van der Waals surface area contributed by atoms with Gasteiger partial charge in [-0.2, -0.15) is 0 Å². The molecule has 0 spiro atoms. The fourth-order valence-corrected chi connectivity index (χ4v) is 4.12. The van der Waals surface area contributed by atoms with E-state index in [0.29, 0.717) is 13.0 Å². The van der Waals surface area contributed by atoms with Gasteiger partial charge in [-0.25, -0.2) is 4.98 Å². The van der Waals surface area contributed by atoms with Crippen molar-refractivity contribution in [2.45, 2.75) is 32.2 Å². The van der Waals surface area contributed by atoms with Crippen molar-refractivity contribution in [2.24, 2.45) is 0 Å². The van der Waals surface area contributed by atoms with Gasteiger partial charge in [-0.1, -0.05) is 24.3 Å². The van der Waals surface area contributed by atoms with Crippen LogP contribution in [0.2, 0.25) is 0 Å². The summed E-state index contributed by atoms with van der Waals surface area (Å²) in [4.78, 5) is 23.3. The highest BCUT2D eigenvalue weighted by molar-refractivity contribution is 7.09. The van der Waals surface area contributed by atoms with E-state index < -0.39 is 0 Å². The molecule has 3 aromatic rings. The number of amides is 1. The first-order chi connectivity index (χ1) is 12.8. The van der Waals surface area contributed by atoms with Crippen LogP contribution in [-0.4, -0.2) is 27.3 Å². The van der Waals surface area contributed by atoms with E-state index in [-0.39, 0.29) is 5.91 Å². The smallest absolute Gasteiger partial charge is 0.228 e. The Balaban J connectivity index is 1.33. The molecule has 0 saturated heterocycles. The maximum Gasteiger partial charge on any atom is 0.228 e. The zero-order chi connectivity index (χ0) is 17.8. The molecule has 3 heterocycles. The van der Waals surface area contributed by atoms with E-state index in [0.717, 1.165) is 36.5 Å². The Kier molecular flexibility index (Phi) is 5.07. The van der Waals surface area contributed by atoms with Gasteiger partial charge in [0.25, 0.3) is 0 Å². The molecule has 5 heteroatoms. The highest BCUT2D eigenvalue weighted by atomic mass is 32.1. The molecule has 0 fully saturated rings. The summed E-state index contributed by atoms with van der Waals surface area (Å²) in [6.07, 6.45) is 6.83. The lowest BCUT2D eigenvalue weighted by atomic mass is 10.00. The SMILES string of the molecule is O=C(Cc1csc(CCc2ccncc2)n1)N1CCc2ccccc2C1. The summed E-state index contributed by atoms with van der Waals surface area (Å²) in [5.41, 5.74) is 4.79. The van der Waals surface area contributed by atoms with Gasteiger partial charge >= 0.3 is 0 Å². The molecule has 0 atom stereocenters. The number of nitrogens with zero attached hydrogens (tertiary/aromatic N) is 3. The van der Waals surface area contributed by atoms with Crippen molar-refractivity contribution < 1.29 is 4.79 Å². The second-order valence-corrected chi connectivity index (χ2v) is 7.54. The lowest BCUT2D eigenvalue weighted by Gasteiger charge is -2.28. The first-order valence-electron chi connectivity index (χ1n) is 8.94. The Hall–Kier alpha value is -2.53. The van der Waals surface area contributed by atoms with Crippen molar-refractivity contribution in [3.8, 4) is 0 Å². The largest absolute Gasteiger partial charge is 0.338 e. The van der Waals surface area contributed by atoms with Crippen molar-refractivity contribution in [1.29, 1.82) is 0 Å². The Morgan fingerprint density at radius 2 is 1.88 bits per heavy atom. The average Bonchev–Trinajstić information content (AvgIpc) is 3.14. The molecule has 1 aliphatic rings. The van der Waals surface area contributed by atoms with Gasteiger partial charge in [0.1, 0.15) is 0 Å². The fourth-order valence-electron chi connectivity index (χ4n) is 3.32. The van der Waals surface area contributed by atoms with E-state index in [1.807, 2.05) is 40.9 Å². The minimum atomic E-state index is 0.172. The van der Waals surface area contributed by atoms with Gasteiger partial charge in [-0.05, 0) is 41.7 Å². The maximum absolute atomic E-state index is 12.6. The number of aryl methyl sites for hydroxylation is 2. The van der Waals surface area contributed by atoms with Crippen molar-refractivity contribution in [1.82, 2.24) is 14.9 Å². The fraction of sp³-hybridized carbons (Fsp3) is 0.286. The first-order valence-corrected chi connectivity index (χ1v) is 9.82. The molecular formula is C21H21N3OS. The molecule has 1 aliphatic heterocycles. The summed E-state index contributed by atoms with van der Waals surface area (Å²) in [6.45, 7) is 1.52. The lowest BCUT2D eigenvalue weighted by Crippen LogP contribution is -2.36. The van der Waals surface area contributed by atoms with Crippen molar-refractivity contribution >= 4 is 17.2 Å². The number of carbonyl (C=O) groups excluding carboxylic acids is 1. The van der Waals surface area contributed by atoms with Crippen LogP contribution in [0.5, 0.6) is 0 Å². The summed E-state index contributed by atoms with van der Waals surface area (Å²) in [5.74, 6) is 0.172. The number of benzene rings is 1. The average molecular weight is 363 g/mol. The Morgan fingerprint density at radius 1 is 1.08 bits per heavy atom. The summed E-state index contributed by atoms with van der Waals surface area (Å²) < 4.78 is 0. The minimum Gasteiger partial charge on any atom is -0.338 e. The number of rotatable bonds is 5. The number of pyridine rings is 1.